The summed E-state index contributed by atoms with van der Waals surface area (Å²) in [5.41, 5.74) is 0.464. The van der Waals surface area contributed by atoms with E-state index in [1.54, 1.807) is 24.3 Å². The van der Waals surface area contributed by atoms with Crippen LogP contribution in [0.1, 0.15) is 24.4 Å². The zero-order chi connectivity index (χ0) is 13.8. The average molecular weight is 283 g/mol. The molecule has 1 aromatic rings. The second-order valence-corrected chi connectivity index (χ2v) is 4.92. The van der Waals surface area contributed by atoms with E-state index in [-0.39, 0.29) is 11.9 Å². The van der Waals surface area contributed by atoms with Crippen LogP contribution < -0.4 is 10.6 Å². The van der Waals surface area contributed by atoms with E-state index in [4.69, 9.17) is 11.6 Å². The summed E-state index contributed by atoms with van der Waals surface area (Å²) in [5, 5.41) is 15.2. The Morgan fingerprint density at radius 2 is 2.26 bits per heavy atom. The molecule has 5 nitrogen and oxygen atoms in total. The van der Waals surface area contributed by atoms with Crippen LogP contribution in [0.15, 0.2) is 24.3 Å². The van der Waals surface area contributed by atoms with Gasteiger partial charge in [0.25, 0.3) is 0 Å². The van der Waals surface area contributed by atoms with Crippen LogP contribution in [-0.2, 0) is 9.59 Å². The third-order valence-electron chi connectivity index (χ3n) is 3.09. The van der Waals surface area contributed by atoms with Gasteiger partial charge in [0.05, 0.1) is 6.04 Å². The molecular formula is C13H15ClN2O3. The SMILES string of the molecule is O=C(O)C(NC(=O)[C@@H]1CCCN1)c1cccc(Cl)c1. The lowest BCUT2D eigenvalue weighted by molar-refractivity contribution is -0.142. The van der Waals surface area contributed by atoms with Crippen molar-refractivity contribution >= 4 is 23.5 Å². The van der Waals surface area contributed by atoms with Gasteiger partial charge in [-0.15, -0.1) is 0 Å². The number of carbonyl (C=O) groups is 2. The third kappa shape index (κ3) is 3.45. The maximum atomic E-state index is 11.9. The number of carboxylic acid groups (broad SMARTS) is 1. The highest BCUT2D eigenvalue weighted by Gasteiger charge is 2.28. The minimum absolute atomic E-state index is 0.287. The molecule has 0 spiro atoms. The highest BCUT2D eigenvalue weighted by atomic mass is 35.5. The van der Waals surface area contributed by atoms with Gasteiger partial charge in [0, 0.05) is 5.02 Å². The normalized spacial score (nSPS) is 19.9. The molecule has 1 saturated heterocycles. The molecule has 1 aromatic carbocycles. The van der Waals surface area contributed by atoms with Crippen molar-refractivity contribution in [3.63, 3.8) is 0 Å². The molecule has 0 aromatic heterocycles. The van der Waals surface area contributed by atoms with Gasteiger partial charge in [0.15, 0.2) is 6.04 Å². The van der Waals surface area contributed by atoms with E-state index in [0.717, 1.165) is 19.4 Å². The second-order valence-electron chi connectivity index (χ2n) is 4.48. The molecular weight excluding hydrogens is 268 g/mol. The number of halogens is 1. The molecule has 1 heterocycles. The van der Waals surface area contributed by atoms with E-state index in [9.17, 15) is 14.7 Å². The summed E-state index contributed by atoms with van der Waals surface area (Å²) >= 11 is 5.84. The van der Waals surface area contributed by atoms with Gasteiger partial charge in [0.1, 0.15) is 0 Å². The zero-order valence-corrected chi connectivity index (χ0v) is 11.0. The smallest absolute Gasteiger partial charge is 0.330 e. The monoisotopic (exact) mass is 282 g/mol. The van der Waals surface area contributed by atoms with Crippen molar-refractivity contribution in [2.75, 3.05) is 6.54 Å². The van der Waals surface area contributed by atoms with E-state index in [0.29, 0.717) is 10.6 Å². The summed E-state index contributed by atoms with van der Waals surface area (Å²) in [7, 11) is 0. The Morgan fingerprint density at radius 3 is 2.84 bits per heavy atom. The highest BCUT2D eigenvalue weighted by molar-refractivity contribution is 6.30. The summed E-state index contributed by atoms with van der Waals surface area (Å²) in [6, 6.07) is 5.11. The molecule has 6 heteroatoms. The molecule has 2 atom stereocenters. The van der Waals surface area contributed by atoms with Crippen LogP contribution in [0, 0.1) is 0 Å². The molecule has 1 aliphatic heterocycles. The lowest BCUT2D eigenvalue weighted by Gasteiger charge is -2.18. The van der Waals surface area contributed by atoms with Gasteiger partial charge in [-0.05, 0) is 37.1 Å². The molecule has 1 fully saturated rings. The Balaban J connectivity index is 2.12. The lowest BCUT2D eigenvalue weighted by atomic mass is 10.1. The van der Waals surface area contributed by atoms with Crippen molar-refractivity contribution in [1.29, 1.82) is 0 Å². The van der Waals surface area contributed by atoms with E-state index in [2.05, 4.69) is 10.6 Å². The maximum Gasteiger partial charge on any atom is 0.330 e. The first-order valence-electron chi connectivity index (χ1n) is 6.10. The fourth-order valence-corrected chi connectivity index (χ4v) is 2.32. The number of hydrogen-bond acceptors (Lipinski definition) is 3. The standard InChI is InChI=1S/C13H15ClN2O3/c14-9-4-1-3-8(7-9)11(13(18)19)16-12(17)10-5-2-6-15-10/h1,3-4,7,10-11,15H,2,5-6H2,(H,16,17)(H,18,19)/t10-,11?/m0/s1. The number of rotatable bonds is 4. The van der Waals surface area contributed by atoms with Crippen molar-refractivity contribution in [2.24, 2.45) is 0 Å². The summed E-state index contributed by atoms with van der Waals surface area (Å²) < 4.78 is 0. The molecule has 1 aliphatic rings. The molecule has 0 saturated carbocycles. The molecule has 3 N–H and O–H groups in total. The van der Waals surface area contributed by atoms with Crippen molar-refractivity contribution in [3.05, 3.63) is 34.9 Å². The summed E-state index contributed by atoms with van der Waals surface area (Å²) in [4.78, 5) is 23.2. The summed E-state index contributed by atoms with van der Waals surface area (Å²) in [6.07, 6.45) is 1.65. The van der Waals surface area contributed by atoms with Gasteiger partial charge < -0.3 is 15.7 Å². The largest absolute Gasteiger partial charge is 0.479 e. The number of nitrogens with one attached hydrogen (secondary N) is 2. The minimum atomic E-state index is -1.10. The lowest BCUT2D eigenvalue weighted by Crippen LogP contribution is -2.44. The fraction of sp³-hybridized carbons (Fsp3) is 0.385. The Hall–Kier alpha value is -1.59. The molecule has 1 unspecified atom stereocenters. The first kappa shape index (κ1) is 13.8. The van der Waals surface area contributed by atoms with Crippen LogP contribution in [-0.4, -0.2) is 29.6 Å². The van der Waals surface area contributed by atoms with Gasteiger partial charge in [-0.1, -0.05) is 23.7 Å². The van der Waals surface area contributed by atoms with Crippen molar-refractivity contribution in [1.82, 2.24) is 10.6 Å². The average Bonchev–Trinajstić information content (AvgIpc) is 2.89. The van der Waals surface area contributed by atoms with Gasteiger partial charge in [-0.25, -0.2) is 4.79 Å². The number of carboxylic acids is 1. The molecule has 0 aliphatic carbocycles. The number of benzene rings is 1. The van der Waals surface area contributed by atoms with E-state index in [1.165, 1.54) is 0 Å². The van der Waals surface area contributed by atoms with E-state index in [1.807, 2.05) is 0 Å². The predicted octanol–water partition coefficient (Wildman–Crippen LogP) is 1.33. The first-order valence-corrected chi connectivity index (χ1v) is 6.48. The fourth-order valence-electron chi connectivity index (χ4n) is 2.12. The van der Waals surface area contributed by atoms with Crippen LogP contribution in [0.2, 0.25) is 5.02 Å². The molecule has 0 bridgehead atoms. The Bertz CT molecular complexity index is 487. The third-order valence-corrected chi connectivity index (χ3v) is 3.33. The molecule has 0 radical (unpaired) electrons. The van der Waals surface area contributed by atoms with Crippen molar-refractivity contribution in [3.8, 4) is 0 Å². The Kier molecular flexibility index (Phi) is 4.39. The number of aliphatic carboxylic acids is 1. The van der Waals surface area contributed by atoms with Crippen LogP contribution in [0.5, 0.6) is 0 Å². The Morgan fingerprint density at radius 1 is 1.47 bits per heavy atom. The predicted molar refractivity (Wildman–Crippen MR) is 71.0 cm³/mol. The van der Waals surface area contributed by atoms with Crippen LogP contribution >= 0.6 is 11.6 Å². The minimum Gasteiger partial charge on any atom is -0.479 e. The molecule has 2 rings (SSSR count). The second kappa shape index (κ2) is 6.04. The highest BCUT2D eigenvalue weighted by Crippen LogP contribution is 2.19. The van der Waals surface area contributed by atoms with Crippen LogP contribution in [0.25, 0.3) is 0 Å². The number of carbonyl (C=O) groups excluding carboxylic acids is 1. The first-order chi connectivity index (χ1) is 9.08. The Labute approximate surface area is 116 Å². The molecule has 1 amide bonds. The summed E-state index contributed by atoms with van der Waals surface area (Å²) in [6.45, 7) is 0.785. The zero-order valence-electron chi connectivity index (χ0n) is 10.2. The van der Waals surface area contributed by atoms with E-state index >= 15 is 0 Å². The number of amides is 1. The summed E-state index contributed by atoms with van der Waals surface area (Å²) in [5.74, 6) is -1.39. The topological polar surface area (TPSA) is 78.4 Å². The van der Waals surface area contributed by atoms with Gasteiger partial charge >= 0.3 is 5.97 Å². The van der Waals surface area contributed by atoms with Crippen LogP contribution in [0.4, 0.5) is 0 Å². The van der Waals surface area contributed by atoms with Crippen molar-refractivity contribution in [2.45, 2.75) is 24.9 Å². The van der Waals surface area contributed by atoms with Gasteiger partial charge in [0.2, 0.25) is 5.91 Å². The maximum absolute atomic E-state index is 11.9. The molecule has 19 heavy (non-hydrogen) atoms. The number of hydrogen-bond donors (Lipinski definition) is 3. The van der Waals surface area contributed by atoms with Crippen LogP contribution in [0.3, 0.4) is 0 Å². The van der Waals surface area contributed by atoms with E-state index < -0.39 is 12.0 Å². The quantitative estimate of drug-likeness (QED) is 0.779. The van der Waals surface area contributed by atoms with Crippen molar-refractivity contribution < 1.29 is 14.7 Å². The molecule has 102 valence electrons. The van der Waals surface area contributed by atoms with Gasteiger partial charge in [-0.2, -0.15) is 0 Å². The van der Waals surface area contributed by atoms with Gasteiger partial charge in [-0.3, -0.25) is 4.79 Å².